The van der Waals surface area contributed by atoms with Gasteiger partial charge in [-0.05, 0) is 19.1 Å². The quantitative estimate of drug-likeness (QED) is 0.343. The lowest BCUT2D eigenvalue weighted by Crippen LogP contribution is -2.41. The van der Waals surface area contributed by atoms with Gasteiger partial charge in [0.1, 0.15) is 17.7 Å². The number of nitro benzene ring substituents is 1. The van der Waals surface area contributed by atoms with Crippen LogP contribution in [0.15, 0.2) is 53.5 Å². The molecule has 2 aromatic carbocycles. The second-order valence-corrected chi connectivity index (χ2v) is 5.58. The van der Waals surface area contributed by atoms with Gasteiger partial charge in [0.05, 0.1) is 11.5 Å². The number of ether oxygens (including phenoxy) is 1. The molecule has 0 fully saturated rings. The SMILES string of the molecule is CN=C(NCc1ccccc1[N+](=O)[O-])NCC(C)Oc1cccc(F)c1. The Morgan fingerprint density at radius 3 is 2.73 bits per heavy atom. The molecule has 0 saturated heterocycles. The van der Waals surface area contributed by atoms with E-state index >= 15 is 0 Å². The first kappa shape index (κ1) is 19.2. The van der Waals surface area contributed by atoms with Crippen LogP contribution in [0.2, 0.25) is 0 Å². The van der Waals surface area contributed by atoms with E-state index in [1.165, 1.54) is 18.2 Å². The van der Waals surface area contributed by atoms with Gasteiger partial charge in [-0.1, -0.05) is 24.3 Å². The summed E-state index contributed by atoms with van der Waals surface area (Å²) >= 11 is 0. The lowest BCUT2D eigenvalue weighted by Gasteiger charge is -2.17. The summed E-state index contributed by atoms with van der Waals surface area (Å²) < 4.78 is 18.8. The molecule has 0 aliphatic rings. The lowest BCUT2D eigenvalue weighted by atomic mass is 10.2. The van der Waals surface area contributed by atoms with Crippen LogP contribution in [0.5, 0.6) is 5.75 Å². The number of nitrogens with one attached hydrogen (secondary N) is 2. The number of halogens is 1. The molecular formula is C18H21FN4O3. The van der Waals surface area contributed by atoms with Crippen LogP contribution >= 0.6 is 0 Å². The van der Waals surface area contributed by atoms with E-state index in [9.17, 15) is 14.5 Å². The molecule has 0 bridgehead atoms. The third-order valence-electron chi connectivity index (χ3n) is 3.55. The van der Waals surface area contributed by atoms with Crippen LogP contribution in [-0.2, 0) is 6.54 Å². The average Bonchev–Trinajstić information content (AvgIpc) is 2.62. The van der Waals surface area contributed by atoms with Crippen molar-refractivity contribution in [1.82, 2.24) is 10.6 Å². The zero-order chi connectivity index (χ0) is 18.9. The van der Waals surface area contributed by atoms with Crippen molar-refractivity contribution in [1.29, 1.82) is 0 Å². The molecule has 26 heavy (non-hydrogen) atoms. The van der Waals surface area contributed by atoms with Gasteiger partial charge in [0.25, 0.3) is 5.69 Å². The van der Waals surface area contributed by atoms with Crippen LogP contribution in [0.3, 0.4) is 0 Å². The van der Waals surface area contributed by atoms with Gasteiger partial charge in [-0.25, -0.2) is 4.39 Å². The molecule has 0 radical (unpaired) electrons. The molecule has 2 rings (SSSR count). The number of para-hydroxylation sites is 1. The zero-order valence-electron chi connectivity index (χ0n) is 14.6. The number of nitrogens with zero attached hydrogens (tertiary/aromatic N) is 2. The first-order valence-electron chi connectivity index (χ1n) is 8.08. The first-order valence-corrected chi connectivity index (χ1v) is 8.08. The minimum Gasteiger partial charge on any atom is -0.489 e. The van der Waals surface area contributed by atoms with Crippen molar-refractivity contribution in [2.75, 3.05) is 13.6 Å². The molecule has 7 nitrogen and oxygen atoms in total. The highest BCUT2D eigenvalue weighted by Gasteiger charge is 2.13. The molecule has 2 aromatic rings. The fourth-order valence-corrected chi connectivity index (χ4v) is 2.29. The van der Waals surface area contributed by atoms with Gasteiger partial charge in [-0.15, -0.1) is 0 Å². The summed E-state index contributed by atoms with van der Waals surface area (Å²) in [5, 5.41) is 17.1. The van der Waals surface area contributed by atoms with Crippen LogP contribution in [0.1, 0.15) is 12.5 Å². The predicted molar refractivity (Wildman–Crippen MR) is 97.8 cm³/mol. The molecule has 138 valence electrons. The standard InChI is InChI=1S/C18H21FN4O3/c1-13(26-16-8-5-7-15(19)10-16)11-21-18(20-2)22-12-14-6-3-4-9-17(14)23(24)25/h3-10,13H,11-12H2,1-2H3,(H2,20,21,22). The molecule has 0 spiro atoms. The third kappa shape index (κ3) is 5.73. The zero-order valence-corrected chi connectivity index (χ0v) is 14.6. The Hall–Kier alpha value is -3.16. The molecule has 1 atom stereocenters. The molecule has 2 N–H and O–H groups in total. The fraction of sp³-hybridized carbons (Fsp3) is 0.278. The molecule has 1 unspecified atom stereocenters. The van der Waals surface area contributed by atoms with Crippen molar-refractivity contribution in [3.8, 4) is 5.75 Å². The molecule has 0 amide bonds. The Morgan fingerprint density at radius 2 is 2.04 bits per heavy atom. The Morgan fingerprint density at radius 1 is 1.27 bits per heavy atom. The summed E-state index contributed by atoms with van der Waals surface area (Å²) in [4.78, 5) is 14.7. The second-order valence-electron chi connectivity index (χ2n) is 5.58. The third-order valence-corrected chi connectivity index (χ3v) is 3.55. The van der Waals surface area contributed by atoms with Crippen LogP contribution in [0, 0.1) is 15.9 Å². The van der Waals surface area contributed by atoms with Crippen molar-refractivity contribution >= 4 is 11.6 Å². The summed E-state index contributed by atoms with van der Waals surface area (Å²) in [5.41, 5.74) is 0.614. The summed E-state index contributed by atoms with van der Waals surface area (Å²) in [7, 11) is 1.60. The number of aliphatic imine (C=N–C) groups is 1. The Kier molecular flexibility index (Phi) is 6.90. The van der Waals surface area contributed by atoms with Crippen LogP contribution in [0.4, 0.5) is 10.1 Å². The number of hydrogen-bond donors (Lipinski definition) is 2. The Bertz CT molecular complexity index is 783. The topological polar surface area (TPSA) is 88.8 Å². The van der Waals surface area contributed by atoms with E-state index in [4.69, 9.17) is 4.74 Å². The number of nitro groups is 1. The number of hydrogen-bond acceptors (Lipinski definition) is 4. The van der Waals surface area contributed by atoms with Crippen molar-refractivity contribution in [3.05, 3.63) is 70.0 Å². The molecule has 8 heteroatoms. The normalized spacial score (nSPS) is 12.3. The Labute approximate surface area is 151 Å². The largest absolute Gasteiger partial charge is 0.489 e. The Balaban J connectivity index is 1.85. The van der Waals surface area contributed by atoms with Gasteiger partial charge >= 0.3 is 0 Å². The number of benzene rings is 2. The van der Waals surface area contributed by atoms with Crippen LogP contribution < -0.4 is 15.4 Å². The van der Waals surface area contributed by atoms with E-state index in [-0.39, 0.29) is 24.2 Å². The van der Waals surface area contributed by atoms with E-state index in [2.05, 4.69) is 15.6 Å². The first-order chi connectivity index (χ1) is 12.5. The predicted octanol–water partition coefficient (Wildman–Crippen LogP) is 2.87. The number of guanidine groups is 1. The summed E-state index contributed by atoms with van der Waals surface area (Å²) in [6.45, 7) is 2.52. The van der Waals surface area contributed by atoms with E-state index in [1.807, 2.05) is 6.92 Å². The van der Waals surface area contributed by atoms with Crippen LogP contribution in [0.25, 0.3) is 0 Å². The number of rotatable bonds is 7. The maximum Gasteiger partial charge on any atom is 0.274 e. The van der Waals surface area contributed by atoms with Crippen molar-refractivity contribution in [3.63, 3.8) is 0 Å². The summed E-state index contributed by atoms with van der Waals surface area (Å²) in [6, 6.07) is 12.5. The molecule has 0 aliphatic heterocycles. The molecular weight excluding hydrogens is 339 g/mol. The highest BCUT2D eigenvalue weighted by molar-refractivity contribution is 5.79. The molecule has 0 aliphatic carbocycles. The van der Waals surface area contributed by atoms with Crippen molar-refractivity contribution in [2.24, 2.45) is 4.99 Å². The van der Waals surface area contributed by atoms with Gasteiger partial charge in [0.15, 0.2) is 5.96 Å². The lowest BCUT2D eigenvalue weighted by molar-refractivity contribution is -0.385. The highest BCUT2D eigenvalue weighted by Crippen LogP contribution is 2.17. The second kappa shape index (κ2) is 9.36. The highest BCUT2D eigenvalue weighted by atomic mass is 19.1. The summed E-state index contributed by atoms with van der Waals surface area (Å²) in [5.74, 6) is 0.574. The summed E-state index contributed by atoms with van der Waals surface area (Å²) in [6.07, 6.45) is -0.235. The average molecular weight is 360 g/mol. The molecule has 0 heterocycles. The molecule has 0 aromatic heterocycles. The van der Waals surface area contributed by atoms with Gasteiger partial charge in [-0.3, -0.25) is 15.1 Å². The van der Waals surface area contributed by atoms with Crippen molar-refractivity contribution < 1.29 is 14.1 Å². The van der Waals surface area contributed by atoms with E-state index in [0.29, 0.717) is 23.8 Å². The maximum atomic E-state index is 13.2. The monoisotopic (exact) mass is 360 g/mol. The van der Waals surface area contributed by atoms with Gasteiger partial charge in [-0.2, -0.15) is 0 Å². The van der Waals surface area contributed by atoms with Gasteiger partial charge in [0, 0.05) is 31.3 Å². The molecule has 0 saturated carbocycles. The fourth-order valence-electron chi connectivity index (χ4n) is 2.29. The minimum absolute atomic E-state index is 0.0539. The maximum absolute atomic E-state index is 13.2. The smallest absolute Gasteiger partial charge is 0.274 e. The van der Waals surface area contributed by atoms with E-state index < -0.39 is 4.92 Å². The van der Waals surface area contributed by atoms with Gasteiger partial charge in [0.2, 0.25) is 0 Å². The van der Waals surface area contributed by atoms with Crippen LogP contribution in [-0.4, -0.2) is 30.6 Å². The van der Waals surface area contributed by atoms with E-state index in [1.54, 1.807) is 37.4 Å². The minimum atomic E-state index is -0.415. The van der Waals surface area contributed by atoms with Crippen molar-refractivity contribution in [2.45, 2.75) is 19.6 Å². The van der Waals surface area contributed by atoms with E-state index in [0.717, 1.165) is 0 Å². The van der Waals surface area contributed by atoms with Gasteiger partial charge < -0.3 is 15.4 Å².